The Bertz CT molecular complexity index is 463. The summed E-state index contributed by atoms with van der Waals surface area (Å²) in [5.41, 5.74) is 1.07. The zero-order valence-corrected chi connectivity index (χ0v) is 10.1. The van der Waals surface area contributed by atoms with Gasteiger partial charge in [-0.3, -0.25) is 0 Å². The summed E-state index contributed by atoms with van der Waals surface area (Å²) in [7, 11) is 1.65. The van der Waals surface area contributed by atoms with E-state index in [9.17, 15) is 0 Å². The molecule has 1 aromatic heterocycles. The Labute approximate surface area is 101 Å². The molecule has 0 fully saturated rings. The first-order chi connectivity index (χ1) is 8.33. The summed E-state index contributed by atoms with van der Waals surface area (Å²) in [5.74, 6) is 1.66. The van der Waals surface area contributed by atoms with E-state index in [1.807, 2.05) is 36.8 Å². The summed E-state index contributed by atoms with van der Waals surface area (Å²) in [6.45, 7) is 3.51. The molecular formula is C13H16N2O2. The van der Waals surface area contributed by atoms with Gasteiger partial charge < -0.3 is 14.0 Å². The van der Waals surface area contributed by atoms with E-state index in [1.165, 1.54) is 0 Å². The van der Waals surface area contributed by atoms with Crippen molar-refractivity contribution in [2.45, 2.75) is 20.1 Å². The van der Waals surface area contributed by atoms with E-state index in [4.69, 9.17) is 9.47 Å². The quantitative estimate of drug-likeness (QED) is 0.794. The van der Waals surface area contributed by atoms with Crippen molar-refractivity contribution in [1.82, 2.24) is 9.55 Å². The van der Waals surface area contributed by atoms with Crippen molar-refractivity contribution in [3.8, 4) is 11.5 Å². The lowest BCUT2D eigenvalue weighted by Crippen LogP contribution is -2.03. The smallest absolute Gasteiger partial charge is 0.130 e. The number of ether oxygens (including phenoxy) is 2. The molecule has 0 aliphatic carbocycles. The van der Waals surface area contributed by atoms with Crippen LogP contribution in [0.3, 0.4) is 0 Å². The Morgan fingerprint density at radius 3 is 2.53 bits per heavy atom. The van der Waals surface area contributed by atoms with Crippen molar-refractivity contribution in [3.63, 3.8) is 0 Å². The van der Waals surface area contributed by atoms with Crippen LogP contribution in [-0.4, -0.2) is 16.7 Å². The van der Waals surface area contributed by atoms with Gasteiger partial charge >= 0.3 is 0 Å². The number of aryl methyl sites for hydroxylation is 1. The van der Waals surface area contributed by atoms with E-state index >= 15 is 0 Å². The van der Waals surface area contributed by atoms with Crippen molar-refractivity contribution in [3.05, 3.63) is 42.5 Å². The summed E-state index contributed by atoms with van der Waals surface area (Å²) in [6.07, 6.45) is 3.64. The molecular weight excluding hydrogens is 216 g/mol. The Balaban J connectivity index is 1.97. The van der Waals surface area contributed by atoms with Crippen LogP contribution in [0.25, 0.3) is 0 Å². The molecule has 0 atom stereocenters. The highest BCUT2D eigenvalue weighted by Gasteiger charge is 2.01. The second-order valence-electron chi connectivity index (χ2n) is 3.64. The lowest BCUT2D eigenvalue weighted by molar-refractivity contribution is 0.294. The topological polar surface area (TPSA) is 36.3 Å². The van der Waals surface area contributed by atoms with Crippen LogP contribution in [0.2, 0.25) is 0 Å². The molecule has 0 saturated heterocycles. The monoisotopic (exact) mass is 232 g/mol. The Morgan fingerprint density at radius 2 is 1.88 bits per heavy atom. The highest BCUT2D eigenvalue weighted by Crippen LogP contribution is 2.18. The molecule has 0 spiro atoms. The van der Waals surface area contributed by atoms with Gasteiger partial charge in [-0.1, -0.05) is 0 Å². The summed E-state index contributed by atoms with van der Waals surface area (Å²) in [4.78, 5) is 4.10. The van der Waals surface area contributed by atoms with E-state index in [1.54, 1.807) is 7.11 Å². The summed E-state index contributed by atoms with van der Waals surface area (Å²) in [5, 5.41) is 0. The fourth-order valence-electron chi connectivity index (χ4n) is 1.58. The molecule has 0 N–H and O–H groups in total. The second kappa shape index (κ2) is 5.39. The number of aromatic nitrogens is 2. The zero-order valence-electron chi connectivity index (χ0n) is 10.1. The van der Waals surface area contributed by atoms with Gasteiger partial charge in [-0.25, -0.2) is 4.98 Å². The lowest BCUT2D eigenvalue weighted by atomic mass is 10.3. The SMILES string of the molecule is CCn1cncc1COc1ccc(OC)cc1. The normalized spacial score (nSPS) is 10.2. The fraction of sp³-hybridized carbons (Fsp3) is 0.308. The third-order valence-corrected chi connectivity index (χ3v) is 2.59. The number of benzene rings is 1. The molecule has 4 nitrogen and oxygen atoms in total. The molecule has 1 aromatic carbocycles. The third kappa shape index (κ3) is 2.78. The summed E-state index contributed by atoms with van der Waals surface area (Å²) in [6, 6.07) is 7.55. The van der Waals surface area contributed by atoms with Crippen LogP contribution in [0.4, 0.5) is 0 Å². The lowest BCUT2D eigenvalue weighted by Gasteiger charge is -2.08. The fourth-order valence-corrected chi connectivity index (χ4v) is 1.58. The average molecular weight is 232 g/mol. The third-order valence-electron chi connectivity index (χ3n) is 2.59. The molecule has 0 saturated carbocycles. The van der Waals surface area contributed by atoms with Crippen LogP contribution < -0.4 is 9.47 Å². The Kier molecular flexibility index (Phi) is 3.65. The van der Waals surface area contributed by atoms with Crippen LogP contribution in [0.15, 0.2) is 36.8 Å². The van der Waals surface area contributed by atoms with Crippen molar-refractivity contribution in [2.24, 2.45) is 0 Å². The minimum absolute atomic E-state index is 0.528. The molecule has 0 unspecified atom stereocenters. The number of hydrogen-bond donors (Lipinski definition) is 0. The highest BCUT2D eigenvalue weighted by molar-refractivity contribution is 5.31. The molecule has 2 rings (SSSR count). The number of hydrogen-bond acceptors (Lipinski definition) is 3. The number of nitrogens with zero attached hydrogens (tertiary/aromatic N) is 2. The van der Waals surface area contributed by atoms with Gasteiger partial charge in [0.05, 0.1) is 25.3 Å². The first-order valence-corrected chi connectivity index (χ1v) is 5.59. The van der Waals surface area contributed by atoms with Gasteiger partial charge in [0, 0.05) is 6.54 Å². The minimum Gasteiger partial charge on any atom is -0.497 e. The van der Waals surface area contributed by atoms with Crippen LogP contribution in [0, 0.1) is 0 Å². The van der Waals surface area contributed by atoms with E-state index < -0.39 is 0 Å². The molecule has 90 valence electrons. The van der Waals surface area contributed by atoms with E-state index in [0.717, 1.165) is 23.7 Å². The molecule has 2 aromatic rings. The van der Waals surface area contributed by atoms with Gasteiger partial charge in [-0.05, 0) is 31.2 Å². The molecule has 0 bridgehead atoms. The van der Waals surface area contributed by atoms with Crippen LogP contribution in [0.5, 0.6) is 11.5 Å². The predicted molar refractivity (Wildman–Crippen MR) is 65.2 cm³/mol. The van der Waals surface area contributed by atoms with E-state index in [2.05, 4.69) is 16.5 Å². The van der Waals surface area contributed by atoms with Gasteiger partial charge in [-0.15, -0.1) is 0 Å². The van der Waals surface area contributed by atoms with E-state index in [-0.39, 0.29) is 0 Å². The first-order valence-electron chi connectivity index (χ1n) is 5.59. The summed E-state index contributed by atoms with van der Waals surface area (Å²) >= 11 is 0. The summed E-state index contributed by atoms with van der Waals surface area (Å²) < 4.78 is 12.8. The van der Waals surface area contributed by atoms with Crippen molar-refractivity contribution in [1.29, 1.82) is 0 Å². The highest BCUT2D eigenvalue weighted by atomic mass is 16.5. The van der Waals surface area contributed by atoms with Gasteiger partial charge in [0.25, 0.3) is 0 Å². The maximum Gasteiger partial charge on any atom is 0.130 e. The first kappa shape index (κ1) is 11.5. The van der Waals surface area contributed by atoms with Gasteiger partial charge in [-0.2, -0.15) is 0 Å². The maximum absolute atomic E-state index is 5.68. The molecule has 0 aliphatic heterocycles. The van der Waals surface area contributed by atoms with Crippen molar-refractivity contribution >= 4 is 0 Å². The molecule has 0 radical (unpaired) electrons. The Hall–Kier alpha value is -1.97. The standard InChI is InChI=1S/C13H16N2O2/c1-3-15-10-14-8-11(15)9-17-13-6-4-12(16-2)5-7-13/h4-8,10H,3,9H2,1-2H3. The molecule has 4 heteroatoms. The van der Waals surface area contributed by atoms with Crippen molar-refractivity contribution < 1.29 is 9.47 Å². The van der Waals surface area contributed by atoms with Gasteiger partial charge in [0.2, 0.25) is 0 Å². The zero-order chi connectivity index (χ0) is 12.1. The van der Waals surface area contributed by atoms with Crippen LogP contribution in [0.1, 0.15) is 12.6 Å². The van der Waals surface area contributed by atoms with Gasteiger partial charge in [0.15, 0.2) is 0 Å². The molecule has 1 heterocycles. The maximum atomic E-state index is 5.68. The molecule has 0 amide bonds. The number of rotatable bonds is 5. The van der Waals surface area contributed by atoms with E-state index in [0.29, 0.717) is 6.61 Å². The molecule has 0 aliphatic rings. The minimum atomic E-state index is 0.528. The second-order valence-corrected chi connectivity index (χ2v) is 3.64. The van der Waals surface area contributed by atoms with Gasteiger partial charge in [0.1, 0.15) is 18.1 Å². The average Bonchev–Trinajstić information content (AvgIpc) is 2.84. The van der Waals surface area contributed by atoms with Crippen LogP contribution >= 0.6 is 0 Å². The molecule has 17 heavy (non-hydrogen) atoms. The predicted octanol–water partition coefficient (Wildman–Crippen LogP) is 2.49. The number of methoxy groups -OCH3 is 1. The number of imidazole rings is 1. The Morgan fingerprint density at radius 1 is 1.18 bits per heavy atom. The van der Waals surface area contributed by atoms with Crippen LogP contribution in [-0.2, 0) is 13.2 Å². The van der Waals surface area contributed by atoms with Crippen molar-refractivity contribution in [2.75, 3.05) is 7.11 Å². The largest absolute Gasteiger partial charge is 0.497 e.